The van der Waals surface area contributed by atoms with E-state index in [0.717, 1.165) is 4.90 Å². The van der Waals surface area contributed by atoms with Crippen molar-refractivity contribution in [3.63, 3.8) is 0 Å². The van der Waals surface area contributed by atoms with Crippen molar-refractivity contribution in [2.24, 2.45) is 0 Å². The highest BCUT2D eigenvalue weighted by Crippen LogP contribution is 2.42. The van der Waals surface area contributed by atoms with E-state index >= 15 is 0 Å². The molecule has 0 bridgehead atoms. The zero-order chi connectivity index (χ0) is 25.4. The Hall–Kier alpha value is -1.37. The van der Waals surface area contributed by atoms with Crippen LogP contribution in [-0.4, -0.2) is 59.2 Å². The zero-order valence-corrected chi connectivity index (χ0v) is 18.6. The Kier molecular flexibility index (Phi) is 11.7. The first-order valence-electron chi connectivity index (χ1n) is 9.82. The molecular weight excluding hydrogens is 474 g/mol. The third-order valence-electron chi connectivity index (χ3n) is 4.46. The van der Waals surface area contributed by atoms with Crippen molar-refractivity contribution < 1.29 is 49.4 Å². The van der Waals surface area contributed by atoms with E-state index in [1.807, 2.05) is 0 Å². The van der Waals surface area contributed by atoms with Gasteiger partial charge in [0.05, 0.1) is 6.42 Å². The van der Waals surface area contributed by atoms with E-state index in [9.17, 15) is 44.7 Å². The summed E-state index contributed by atoms with van der Waals surface area (Å²) in [5.74, 6) is -9.59. The van der Waals surface area contributed by atoms with E-state index in [2.05, 4.69) is 19.2 Å². The molecule has 0 aliphatic carbocycles. The summed E-state index contributed by atoms with van der Waals surface area (Å²) in [5, 5.41) is -4.63. The highest BCUT2D eigenvalue weighted by molar-refractivity contribution is 7.81. The number of unbranched alkanes of at least 4 members (excludes halogenated alkanes) is 1. The molecular formula is C19H27F8NO3S. The van der Waals surface area contributed by atoms with E-state index in [1.54, 1.807) is 13.8 Å². The van der Waals surface area contributed by atoms with E-state index in [-0.39, 0.29) is 25.9 Å². The standard InChI is InChI=1S/C19H27F8NO3S/c1-4-9-28(10-5-2)15(30)16(18(23,24)25,12-14(29)13(3)20)31-11-7-6-8-17(21,22)19(26,27)32/h32H,3-12H2,1-2H3. The number of hydrogen-bond donors (Lipinski definition) is 1. The van der Waals surface area contributed by atoms with Crippen LogP contribution in [0, 0.1) is 0 Å². The van der Waals surface area contributed by atoms with Gasteiger partial charge in [0.15, 0.2) is 11.6 Å². The van der Waals surface area contributed by atoms with Gasteiger partial charge in [-0.3, -0.25) is 9.59 Å². The van der Waals surface area contributed by atoms with Crippen LogP contribution in [0.2, 0.25) is 0 Å². The van der Waals surface area contributed by atoms with Gasteiger partial charge in [-0.2, -0.15) is 30.7 Å². The monoisotopic (exact) mass is 501 g/mol. The van der Waals surface area contributed by atoms with Gasteiger partial charge in [0.2, 0.25) is 5.60 Å². The van der Waals surface area contributed by atoms with Crippen molar-refractivity contribution in [3.8, 4) is 0 Å². The van der Waals surface area contributed by atoms with Crippen LogP contribution in [0.15, 0.2) is 12.4 Å². The molecule has 0 saturated carbocycles. The normalized spacial score (nSPS) is 14.7. The maximum atomic E-state index is 14.0. The van der Waals surface area contributed by atoms with Crippen molar-refractivity contribution in [3.05, 3.63) is 12.4 Å². The Morgan fingerprint density at radius 3 is 1.84 bits per heavy atom. The third-order valence-corrected chi connectivity index (χ3v) is 4.79. The van der Waals surface area contributed by atoms with E-state index in [0.29, 0.717) is 0 Å². The SMILES string of the molecule is C=C(F)C(=O)CC(OCCCCC(F)(F)C(F)(F)S)(C(=O)N(CCC)CCC)C(F)(F)F. The van der Waals surface area contributed by atoms with Crippen molar-refractivity contribution in [2.75, 3.05) is 19.7 Å². The van der Waals surface area contributed by atoms with Crippen molar-refractivity contribution >= 4 is 24.3 Å². The first-order chi connectivity index (χ1) is 14.5. The van der Waals surface area contributed by atoms with Gasteiger partial charge in [0, 0.05) is 26.1 Å². The predicted octanol–water partition coefficient (Wildman–Crippen LogP) is 5.72. The zero-order valence-electron chi connectivity index (χ0n) is 17.7. The smallest absolute Gasteiger partial charge is 0.357 e. The van der Waals surface area contributed by atoms with Crippen LogP contribution in [0.4, 0.5) is 35.1 Å². The maximum Gasteiger partial charge on any atom is 0.427 e. The van der Waals surface area contributed by atoms with Crippen molar-refractivity contribution in [1.29, 1.82) is 0 Å². The van der Waals surface area contributed by atoms with Crippen LogP contribution in [0.5, 0.6) is 0 Å². The molecule has 1 atom stereocenters. The number of rotatable bonds is 15. The number of ether oxygens (including phenoxy) is 1. The fourth-order valence-electron chi connectivity index (χ4n) is 2.77. The fourth-order valence-corrected chi connectivity index (χ4v) is 2.88. The van der Waals surface area contributed by atoms with Crippen molar-refractivity contribution in [2.45, 2.75) is 75.3 Å². The number of ketones is 1. The molecule has 0 radical (unpaired) electrons. The molecule has 0 aromatic heterocycles. The number of carbonyl (C=O) groups is 2. The molecule has 188 valence electrons. The summed E-state index contributed by atoms with van der Waals surface area (Å²) in [4.78, 5) is 25.4. The van der Waals surface area contributed by atoms with Gasteiger partial charge < -0.3 is 9.64 Å². The molecule has 0 aromatic carbocycles. The largest absolute Gasteiger partial charge is 0.427 e. The molecule has 1 unspecified atom stereocenters. The lowest BCUT2D eigenvalue weighted by atomic mass is 9.92. The molecule has 0 aliphatic heterocycles. The van der Waals surface area contributed by atoms with E-state index in [1.165, 1.54) is 0 Å². The molecule has 0 fully saturated rings. The molecule has 4 nitrogen and oxygen atoms in total. The number of hydrogen-bond acceptors (Lipinski definition) is 4. The number of thiol groups is 1. The highest BCUT2D eigenvalue weighted by atomic mass is 32.1. The number of halogens is 8. The minimum absolute atomic E-state index is 0.109. The molecule has 13 heteroatoms. The number of Topliss-reactive ketones (excluding diaryl/α,β-unsaturated/α-hetero) is 1. The molecule has 0 spiro atoms. The summed E-state index contributed by atoms with van der Waals surface area (Å²) >= 11 is 2.50. The summed E-state index contributed by atoms with van der Waals surface area (Å²) < 4.78 is 112. The summed E-state index contributed by atoms with van der Waals surface area (Å²) in [7, 11) is 0. The predicted molar refractivity (Wildman–Crippen MR) is 105 cm³/mol. The van der Waals surface area contributed by atoms with Gasteiger partial charge in [-0.15, -0.1) is 0 Å². The van der Waals surface area contributed by atoms with Gasteiger partial charge in [-0.25, -0.2) is 4.39 Å². The lowest BCUT2D eigenvalue weighted by Gasteiger charge is -2.38. The number of allylic oxidation sites excluding steroid dienone is 1. The highest BCUT2D eigenvalue weighted by Gasteiger charge is 2.64. The van der Waals surface area contributed by atoms with E-state index < -0.39 is 72.8 Å². The Labute approximate surface area is 186 Å². The van der Waals surface area contributed by atoms with Crippen molar-refractivity contribution in [1.82, 2.24) is 4.90 Å². The molecule has 0 heterocycles. The van der Waals surface area contributed by atoms with Crippen LogP contribution < -0.4 is 0 Å². The molecule has 0 rings (SSSR count). The Morgan fingerprint density at radius 1 is 0.969 bits per heavy atom. The second-order valence-corrected chi connectivity index (χ2v) is 7.73. The van der Waals surface area contributed by atoms with E-state index in [4.69, 9.17) is 4.74 Å². The number of carbonyl (C=O) groups excluding carboxylic acids is 2. The fraction of sp³-hybridized carbons (Fsp3) is 0.789. The van der Waals surface area contributed by atoms with Crippen LogP contribution in [0.25, 0.3) is 0 Å². The average Bonchev–Trinajstić information content (AvgIpc) is 2.63. The van der Waals surface area contributed by atoms with Gasteiger partial charge in [0.25, 0.3) is 5.91 Å². The second-order valence-electron chi connectivity index (χ2n) is 7.17. The lowest BCUT2D eigenvalue weighted by molar-refractivity contribution is -0.272. The van der Waals surface area contributed by atoms with Crippen LogP contribution in [0.3, 0.4) is 0 Å². The number of alkyl halides is 7. The summed E-state index contributed by atoms with van der Waals surface area (Å²) in [6.07, 6.45) is -9.33. The van der Waals surface area contributed by atoms with Crippen LogP contribution in [0.1, 0.15) is 52.4 Å². The van der Waals surface area contributed by atoms with Gasteiger partial charge >= 0.3 is 17.4 Å². The first kappa shape index (κ1) is 30.6. The number of amides is 1. The summed E-state index contributed by atoms with van der Waals surface area (Å²) in [6, 6.07) is 0. The van der Waals surface area contributed by atoms with Crippen LogP contribution >= 0.6 is 12.6 Å². The quantitative estimate of drug-likeness (QED) is 0.135. The molecule has 0 aliphatic rings. The molecule has 0 N–H and O–H groups in total. The Bertz CT molecular complexity index is 645. The average molecular weight is 501 g/mol. The van der Waals surface area contributed by atoms with Gasteiger partial charge in [-0.1, -0.05) is 33.1 Å². The third kappa shape index (κ3) is 8.20. The molecule has 0 aromatic rings. The van der Waals surface area contributed by atoms with Gasteiger partial charge in [0.1, 0.15) is 0 Å². The minimum Gasteiger partial charge on any atom is -0.357 e. The van der Waals surface area contributed by atoms with Gasteiger partial charge in [-0.05, 0) is 25.7 Å². The molecule has 1 amide bonds. The Balaban J connectivity index is 5.77. The topological polar surface area (TPSA) is 46.6 Å². The summed E-state index contributed by atoms with van der Waals surface area (Å²) in [6.45, 7) is 4.63. The first-order valence-corrected chi connectivity index (χ1v) is 10.3. The molecule has 32 heavy (non-hydrogen) atoms. The molecule has 0 saturated heterocycles. The second kappa shape index (κ2) is 12.2. The lowest BCUT2D eigenvalue weighted by Crippen LogP contribution is -2.61. The minimum atomic E-state index is -5.48. The Morgan fingerprint density at radius 2 is 1.47 bits per heavy atom. The van der Waals surface area contributed by atoms with Crippen LogP contribution in [-0.2, 0) is 14.3 Å². The summed E-state index contributed by atoms with van der Waals surface area (Å²) in [5.41, 5.74) is -3.78. The number of nitrogens with zero attached hydrogens (tertiary/aromatic N) is 1. The maximum absolute atomic E-state index is 14.0.